The van der Waals surface area contributed by atoms with Crippen LogP contribution in [0, 0.1) is 5.92 Å². The molecule has 2 fully saturated rings. The highest BCUT2D eigenvalue weighted by Crippen LogP contribution is 2.32. The predicted octanol–water partition coefficient (Wildman–Crippen LogP) is 2.88. The third-order valence-corrected chi connectivity index (χ3v) is 4.81. The number of nitrogens with zero attached hydrogens (tertiary/aromatic N) is 1. The number of thioether (sulfide) groups is 1. The summed E-state index contributed by atoms with van der Waals surface area (Å²) in [5.74, 6) is 0.645. The number of rotatable bonds is 5. The molecule has 0 aromatic carbocycles. The van der Waals surface area contributed by atoms with Crippen molar-refractivity contribution in [3.05, 3.63) is 11.0 Å². The van der Waals surface area contributed by atoms with Crippen LogP contribution in [0.5, 0.6) is 0 Å². The molecule has 4 nitrogen and oxygen atoms in total. The second-order valence-corrected chi connectivity index (χ2v) is 6.26. The van der Waals surface area contributed by atoms with Crippen molar-refractivity contribution in [1.82, 2.24) is 4.90 Å². The fourth-order valence-corrected chi connectivity index (χ4v) is 3.66. The second kappa shape index (κ2) is 7.10. The molecule has 19 heavy (non-hydrogen) atoms. The molecule has 0 atom stereocenters. The SMILES string of the molecule is NCCN1C(=O)S/C(=C\CCC2CCCCC2)C1=O. The molecule has 0 radical (unpaired) electrons. The van der Waals surface area contributed by atoms with Gasteiger partial charge in [-0.2, -0.15) is 0 Å². The van der Waals surface area contributed by atoms with Crippen LogP contribution in [0.3, 0.4) is 0 Å². The molecule has 2 rings (SSSR count). The molecular formula is C14H22N2O2S. The Morgan fingerprint density at radius 2 is 2.00 bits per heavy atom. The molecule has 0 aromatic rings. The fourth-order valence-electron chi connectivity index (χ4n) is 2.79. The summed E-state index contributed by atoms with van der Waals surface area (Å²) in [6.45, 7) is 0.651. The molecule has 5 heteroatoms. The molecule has 0 spiro atoms. The van der Waals surface area contributed by atoms with Crippen LogP contribution in [0.1, 0.15) is 44.9 Å². The number of amides is 2. The van der Waals surface area contributed by atoms with Gasteiger partial charge in [-0.05, 0) is 30.5 Å². The molecule has 1 saturated heterocycles. The first-order valence-electron chi connectivity index (χ1n) is 7.16. The number of allylic oxidation sites excluding steroid dienone is 1. The number of carbonyl (C=O) groups is 2. The van der Waals surface area contributed by atoms with Crippen molar-refractivity contribution in [3.8, 4) is 0 Å². The van der Waals surface area contributed by atoms with E-state index in [1.165, 1.54) is 37.0 Å². The van der Waals surface area contributed by atoms with Gasteiger partial charge in [0.25, 0.3) is 11.1 Å². The highest BCUT2D eigenvalue weighted by Gasteiger charge is 2.34. The normalized spacial score (nSPS) is 23.6. The van der Waals surface area contributed by atoms with Gasteiger partial charge in [0, 0.05) is 13.1 Å². The van der Waals surface area contributed by atoms with Gasteiger partial charge in [-0.15, -0.1) is 0 Å². The van der Waals surface area contributed by atoms with Gasteiger partial charge in [-0.3, -0.25) is 14.5 Å². The van der Waals surface area contributed by atoms with Crippen molar-refractivity contribution in [3.63, 3.8) is 0 Å². The van der Waals surface area contributed by atoms with Gasteiger partial charge in [-0.25, -0.2) is 0 Å². The maximum Gasteiger partial charge on any atom is 0.293 e. The van der Waals surface area contributed by atoms with Crippen LogP contribution in [0.4, 0.5) is 4.79 Å². The Hall–Kier alpha value is -0.810. The highest BCUT2D eigenvalue weighted by atomic mass is 32.2. The van der Waals surface area contributed by atoms with Crippen molar-refractivity contribution in [2.45, 2.75) is 44.9 Å². The summed E-state index contributed by atoms with van der Waals surface area (Å²) in [7, 11) is 0. The quantitative estimate of drug-likeness (QED) is 0.788. The van der Waals surface area contributed by atoms with Crippen molar-refractivity contribution in [2.24, 2.45) is 11.7 Å². The van der Waals surface area contributed by atoms with Crippen LogP contribution in [0.15, 0.2) is 11.0 Å². The Bertz CT molecular complexity index is 376. The molecule has 1 saturated carbocycles. The summed E-state index contributed by atoms with van der Waals surface area (Å²) >= 11 is 1.05. The van der Waals surface area contributed by atoms with Crippen LogP contribution in [0.2, 0.25) is 0 Å². The number of nitrogens with two attached hydrogens (primary N) is 1. The molecule has 1 heterocycles. The van der Waals surface area contributed by atoms with E-state index in [0.29, 0.717) is 18.0 Å². The number of carbonyl (C=O) groups excluding carboxylic acids is 2. The molecule has 0 unspecified atom stereocenters. The number of hydrogen-bond acceptors (Lipinski definition) is 4. The van der Waals surface area contributed by atoms with Crippen LogP contribution in [0.25, 0.3) is 0 Å². The Balaban J connectivity index is 1.82. The summed E-state index contributed by atoms with van der Waals surface area (Å²) in [6.07, 6.45) is 10.7. The number of hydrogen-bond donors (Lipinski definition) is 1. The van der Waals surface area contributed by atoms with Crippen molar-refractivity contribution in [1.29, 1.82) is 0 Å². The van der Waals surface area contributed by atoms with Gasteiger partial charge in [0.15, 0.2) is 0 Å². The molecule has 1 aliphatic carbocycles. The molecule has 1 aliphatic heterocycles. The van der Waals surface area contributed by atoms with Gasteiger partial charge in [0.2, 0.25) is 0 Å². The predicted molar refractivity (Wildman–Crippen MR) is 77.6 cm³/mol. The molecule has 0 bridgehead atoms. The summed E-state index contributed by atoms with van der Waals surface area (Å²) in [5.41, 5.74) is 5.40. The zero-order valence-electron chi connectivity index (χ0n) is 11.3. The monoisotopic (exact) mass is 282 g/mol. The Kier molecular flexibility index (Phi) is 5.45. The van der Waals surface area contributed by atoms with E-state index in [0.717, 1.165) is 30.5 Å². The van der Waals surface area contributed by atoms with Gasteiger partial charge < -0.3 is 5.73 Å². The van der Waals surface area contributed by atoms with Crippen molar-refractivity contribution >= 4 is 22.9 Å². The summed E-state index contributed by atoms with van der Waals surface area (Å²) in [6, 6.07) is 0. The maximum atomic E-state index is 11.9. The maximum absolute atomic E-state index is 11.9. The van der Waals surface area contributed by atoms with Gasteiger partial charge in [0.1, 0.15) is 0 Å². The van der Waals surface area contributed by atoms with E-state index in [1.54, 1.807) is 0 Å². The first-order chi connectivity index (χ1) is 9.22. The lowest BCUT2D eigenvalue weighted by atomic mass is 9.86. The van der Waals surface area contributed by atoms with E-state index < -0.39 is 0 Å². The zero-order valence-corrected chi connectivity index (χ0v) is 12.1. The van der Waals surface area contributed by atoms with Crippen LogP contribution in [-0.4, -0.2) is 29.1 Å². The minimum absolute atomic E-state index is 0.163. The molecular weight excluding hydrogens is 260 g/mol. The molecule has 106 valence electrons. The minimum atomic E-state index is -0.181. The lowest BCUT2D eigenvalue weighted by molar-refractivity contribution is -0.122. The number of imide groups is 1. The van der Waals surface area contributed by atoms with E-state index in [2.05, 4.69) is 0 Å². The average Bonchev–Trinajstić information content (AvgIpc) is 2.68. The zero-order chi connectivity index (χ0) is 13.7. The van der Waals surface area contributed by atoms with E-state index in [9.17, 15) is 9.59 Å². The summed E-state index contributed by atoms with van der Waals surface area (Å²) < 4.78 is 0. The Morgan fingerprint density at radius 1 is 1.26 bits per heavy atom. The van der Waals surface area contributed by atoms with Gasteiger partial charge in [-0.1, -0.05) is 38.2 Å². The summed E-state index contributed by atoms with van der Waals surface area (Å²) in [4.78, 5) is 25.4. The Morgan fingerprint density at radius 3 is 2.68 bits per heavy atom. The Labute approximate surface area is 118 Å². The first-order valence-corrected chi connectivity index (χ1v) is 7.98. The smallest absolute Gasteiger partial charge is 0.293 e. The molecule has 2 N–H and O–H groups in total. The van der Waals surface area contributed by atoms with Crippen molar-refractivity contribution in [2.75, 3.05) is 13.1 Å². The third-order valence-electron chi connectivity index (χ3n) is 3.86. The molecule has 2 amide bonds. The van der Waals surface area contributed by atoms with Crippen LogP contribution in [-0.2, 0) is 4.79 Å². The molecule has 2 aliphatic rings. The van der Waals surface area contributed by atoms with Gasteiger partial charge in [0.05, 0.1) is 4.91 Å². The minimum Gasteiger partial charge on any atom is -0.329 e. The molecule has 0 aromatic heterocycles. The van der Waals surface area contributed by atoms with E-state index in [-0.39, 0.29) is 11.1 Å². The van der Waals surface area contributed by atoms with Crippen molar-refractivity contribution < 1.29 is 9.59 Å². The fraction of sp³-hybridized carbons (Fsp3) is 0.714. The average molecular weight is 282 g/mol. The topological polar surface area (TPSA) is 63.4 Å². The van der Waals surface area contributed by atoms with E-state index in [4.69, 9.17) is 5.73 Å². The second-order valence-electron chi connectivity index (χ2n) is 5.26. The third kappa shape index (κ3) is 3.83. The lowest BCUT2D eigenvalue weighted by Crippen LogP contribution is -2.33. The largest absolute Gasteiger partial charge is 0.329 e. The van der Waals surface area contributed by atoms with Crippen LogP contribution >= 0.6 is 11.8 Å². The lowest BCUT2D eigenvalue weighted by Gasteiger charge is -2.20. The van der Waals surface area contributed by atoms with Gasteiger partial charge >= 0.3 is 0 Å². The first kappa shape index (κ1) is 14.6. The van der Waals surface area contributed by atoms with Crippen LogP contribution < -0.4 is 5.73 Å². The van der Waals surface area contributed by atoms with E-state index >= 15 is 0 Å². The standard InChI is InChI=1S/C14H22N2O2S/c15-9-10-16-13(17)12(19-14(16)18)8-4-7-11-5-2-1-3-6-11/h8,11H,1-7,9-10,15H2/b12-8-. The summed E-state index contributed by atoms with van der Waals surface area (Å²) in [5, 5.41) is -0.181. The highest BCUT2D eigenvalue weighted by molar-refractivity contribution is 8.18. The van der Waals surface area contributed by atoms with E-state index in [1.807, 2.05) is 6.08 Å².